The van der Waals surface area contributed by atoms with Crippen molar-refractivity contribution in [3.05, 3.63) is 24.3 Å². The first-order chi connectivity index (χ1) is 6.24. The lowest BCUT2D eigenvalue weighted by atomic mass is 10.2. The van der Waals surface area contributed by atoms with Crippen molar-refractivity contribution in [2.75, 3.05) is 11.1 Å². The summed E-state index contributed by atoms with van der Waals surface area (Å²) in [6.45, 7) is 1.61. The van der Waals surface area contributed by atoms with Gasteiger partial charge in [-0.25, -0.2) is 0 Å². The maximum atomic E-state index is 11.0. The standard InChI is InChI=1S/C10H10N2O/c1-2-5-10(13)12-9-7-4-3-6-8(9)11/h3-4,6-7H,11H2,1H3,(H,12,13). The van der Waals surface area contributed by atoms with Crippen molar-refractivity contribution in [2.24, 2.45) is 0 Å². The monoisotopic (exact) mass is 174 g/mol. The topological polar surface area (TPSA) is 55.1 Å². The second-order valence-electron chi connectivity index (χ2n) is 2.42. The Kier molecular flexibility index (Phi) is 2.93. The average Bonchev–Trinajstić information content (AvgIpc) is 2.09. The summed E-state index contributed by atoms with van der Waals surface area (Å²) in [6, 6.07) is 7.04. The molecule has 13 heavy (non-hydrogen) atoms. The van der Waals surface area contributed by atoms with E-state index in [2.05, 4.69) is 17.2 Å². The molecule has 0 aromatic heterocycles. The van der Waals surface area contributed by atoms with Crippen LogP contribution in [0.25, 0.3) is 0 Å². The number of para-hydroxylation sites is 2. The van der Waals surface area contributed by atoms with Crippen molar-refractivity contribution >= 4 is 17.3 Å². The van der Waals surface area contributed by atoms with E-state index in [4.69, 9.17) is 5.73 Å². The number of nitrogens with two attached hydrogens (primary N) is 1. The van der Waals surface area contributed by atoms with Gasteiger partial charge in [-0.2, -0.15) is 0 Å². The summed E-state index contributed by atoms with van der Waals surface area (Å²) < 4.78 is 0. The van der Waals surface area contributed by atoms with Gasteiger partial charge in [0.15, 0.2) is 0 Å². The van der Waals surface area contributed by atoms with Gasteiger partial charge >= 0.3 is 0 Å². The molecule has 0 unspecified atom stereocenters. The molecular formula is C10H10N2O. The van der Waals surface area contributed by atoms with Crippen LogP contribution in [0.2, 0.25) is 0 Å². The molecule has 0 aliphatic rings. The number of anilines is 2. The lowest BCUT2D eigenvalue weighted by molar-refractivity contribution is -0.111. The lowest BCUT2D eigenvalue weighted by Crippen LogP contribution is -2.09. The molecule has 0 saturated heterocycles. The highest BCUT2D eigenvalue weighted by Gasteiger charge is 1.99. The molecule has 1 amide bonds. The summed E-state index contributed by atoms with van der Waals surface area (Å²) in [7, 11) is 0. The highest BCUT2D eigenvalue weighted by Crippen LogP contribution is 2.15. The zero-order valence-corrected chi connectivity index (χ0v) is 7.29. The molecule has 3 heteroatoms. The Morgan fingerprint density at radius 2 is 2.15 bits per heavy atom. The number of hydrogen-bond donors (Lipinski definition) is 2. The number of nitrogen functional groups attached to an aromatic ring is 1. The number of carbonyl (C=O) groups excluding carboxylic acids is 1. The molecule has 0 radical (unpaired) electrons. The molecule has 3 nitrogen and oxygen atoms in total. The molecular weight excluding hydrogens is 164 g/mol. The van der Waals surface area contributed by atoms with Crippen molar-refractivity contribution in [1.82, 2.24) is 0 Å². The van der Waals surface area contributed by atoms with E-state index in [9.17, 15) is 4.79 Å². The van der Waals surface area contributed by atoms with E-state index >= 15 is 0 Å². The number of nitrogens with one attached hydrogen (secondary N) is 1. The van der Waals surface area contributed by atoms with Crippen molar-refractivity contribution in [2.45, 2.75) is 6.92 Å². The van der Waals surface area contributed by atoms with Gasteiger partial charge in [-0.05, 0) is 25.0 Å². The Morgan fingerprint density at radius 1 is 1.46 bits per heavy atom. The van der Waals surface area contributed by atoms with E-state index in [0.29, 0.717) is 11.4 Å². The minimum absolute atomic E-state index is 0.347. The van der Waals surface area contributed by atoms with E-state index in [-0.39, 0.29) is 5.91 Å². The van der Waals surface area contributed by atoms with E-state index in [1.54, 1.807) is 31.2 Å². The molecule has 0 saturated carbocycles. The van der Waals surface area contributed by atoms with Gasteiger partial charge in [0, 0.05) is 0 Å². The van der Waals surface area contributed by atoms with Crippen molar-refractivity contribution < 1.29 is 4.79 Å². The maximum absolute atomic E-state index is 11.0. The smallest absolute Gasteiger partial charge is 0.300 e. The molecule has 0 spiro atoms. The SMILES string of the molecule is CC#CC(=O)Nc1ccccc1N. The highest BCUT2D eigenvalue weighted by molar-refractivity contribution is 6.05. The molecule has 0 aliphatic carbocycles. The Balaban J connectivity index is 2.78. The summed E-state index contributed by atoms with van der Waals surface area (Å²) in [4.78, 5) is 11.0. The van der Waals surface area contributed by atoms with E-state index < -0.39 is 0 Å². The zero-order chi connectivity index (χ0) is 9.68. The minimum atomic E-state index is -0.347. The third-order valence-electron chi connectivity index (χ3n) is 1.45. The number of rotatable bonds is 1. The number of amides is 1. The van der Waals surface area contributed by atoms with Gasteiger partial charge < -0.3 is 11.1 Å². The predicted molar refractivity (Wildman–Crippen MR) is 52.9 cm³/mol. The second-order valence-corrected chi connectivity index (χ2v) is 2.42. The molecule has 0 aliphatic heterocycles. The third-order valence-corrected chi connectivity index (χ3v) is 1.45. The van der Waals surface area contributed by atoms with Crippen LogP contribution in [-0.4, -0.2) is 5.91 Å². The fraction of sp³-hybridized carbons (Fsp3) is 0.100. The molecule has 0 atom stereocenters. The number of carbonyl (C=O) groups is 1. The van der Waals surface area contributed by atoms with E-state index in [1.165, 1.54) is 0 Å². The molecule has 1 aromatic rings. The summed E-state index contributed by atoms with van der Waals surface area (Å²) in [5.41, 5.74) is 6.73. The predicted octanol–water partition coefficient (Wildman–Crippen LogP) is 1.23. The molecule has 0 bridgehead atoms. The Hall–Kier alpha value is -1.95. The van der Waals surface area contributed by atoms with Gasteiger partial charge in [-0.3, -0.25) is 4.79 Å². The quantitative estimate of drug-likeness (QED) is 0.497. The summed E-state index contributed by atoms with van der Waals surface area (Å²) in [6.07, 6.45) is 0. The fourth-order valence-electron chi connectivity index (χ4n) is 0.878. The molecule has 0 fully saturated rings. The number of benzene rings is 1. The Morgan fingerprint density at radius 3 is 2.77 bits per heavy atom. The Bertz CT molecular complexity index is 374. The van der Waals surface area contributed by atoms with Crippen LogP contribution >= 0.6 is 0 Å². The van der Waals surface area contributed by atoms with Crippen LogP contribution in [0.4, 0.5) is 11.4 Å². The van der Waals surface area contributed by atoms with Gasteiger partial charge in [0.05, 0.1) is 11.4 Å². The molecule has 3 N–H and O–H groups in total. The summed E-state index contributed by atoms with van der Waals surface area (Å²) >= 11 is 0. The van der Waals surface area contributed by atoms with Crippen LogP contribution in [0.3, 0.4) is 0 Å². The lowest BCUT2D eigenvalue weighted by Gasteiger charge is -2.03. The molecule has 66 valence electrons. The Labute approximate surface area is 76.9 Å². The first-order valence-corrected chi connectivity index (χ1v) is 3.82. The maximum Gasteiger partial charge on any atom is 0.300 e. The highest BCUT2D eigenvalue weighted by atomic mass is 16.1. The first-order valence-electron chi connectivity index (χ1n) is 3.82. The average molecular weight is 174 g/mol. The number of hydrogen-bond acceptors (Lipinski definition) is 2. The van der Waals surface area contributed by atoms with Gasteiger partial charge in [0.1, 0.15) is 0 Å². The second kappa shape index (κ2) is 4.17. The van der Waals surface area contributed by atoms with Crippen LogP contribution in [0.15, 0.2) is 24.3 Å². The normalized spacial score (nSPS) is 8.38. The third kappa shape index (κ3) is 2.53. The molecule has 0 heterocycles. The molecule has 1 aromatic carbocycles. The largest absolute Gasteiger partial charge is 0.397 e. The zero-order valence-electron chi connectivity index (χ0n) is 7.29. The van der Waals surface area contributed by atoms with Gasteiger partial charge in [0.2, 0.25) is 0 Å². The van der Waals surface area contributed by atoms with Crippen LogP contribution in [0, 0.1) is 11.8 Å². The van der Waals surface area contributed by atoms with Gasteiger partial charge in [-0.15, -0.1) is 0 Å². The fourth-order valence-corrected chi connectivity index (χ4v) is 0.878. The van der Waals surface area contributed by atoms with Gasteiger partial charge in [0.25, 0.3) is 5.91 Å². The first kappa shape index (κ1) is 9.14. The van der Waals surface area contributed by atoms with Crippen LogP contribution in [0.1, 0.15) is 6.92 Å². The van der Waals surface area contributed by atoms with Crippen LogP contribution in [0.5, 0.6) is 0 Å². The van der Waals surface area contributed by atoms with Gasteiger partial charge in [-0.1, -0.05) is 18.1 Å². The van der Waals surface area contributed by atoms with Crippen molar-refractivity contribution in [3.8, 4) is 11.8 Å². The summed E-state index contributed by atoms with van der Waals surface area (Å²) in [5.74, 6) is 4.52. The molecule has 1 rings (SSSR count). The van der Waals surface area contributed by atoms with Crippen molar-refractivity contribution in [1.29, 1.82) is 0 Å². The minimum Gasteiger partial charge on any atom is -0.397 e. The van der Waals surface area contributed by atoms with Crippen molar-refractivity contribution in [3.63, 3.8) is 0 Å². The van der Waals surface area contributed by atoms with E-state index in [1.807, 2.05) is 0 Å². The van der Waals surface area contributed by atoms with Crippen LogP contribution < -0.4 is 11.1 Å². The van der Waals surface area contributed by atoms with Crippen LogP contribution in [-0.2, 0) is 4.79 Å². The van der Waals surface area contributed by atoms with E-state index in [0.717, 1.165) is 0 Å². The summed E-state index contributed by atoms with van der Waals surface area (Å²) in [5, 5.41) is 2.57.